The minimum absolute atomic E-state index is 0.00249. The van der Waals surface area contributed by atoms with E-state index in [0.29, 0.717) is 5.56 Å². The van der Waals surface area contributed by atoms with E-state index < -0.39 is 36.1 Å². The lowest BCUT2D eigenvalue weighted by Crippen LogP contribution is -2.46. The van der Waals surface area contributed by atoms with Crippen LogP contribution in [0.2, 0.25) is 0 Å². The summed E-state index contributed by atoms with van der Waals surface area (Å²) in [4.78, 5) is 23.6. The van der Waals surface area contributed by atoms with Crippen molar-refractivity contribution in [2.45, 2.75) is 25.9 Å². The number of amides is 1. The number of nitro benzene ring substituents is 1. The van der Waals surface area contributed by atoms with Crippen LogP contribution in [0.1, 0.15) is 18.4 Å². The van der Waals surface area contributed by atoms with Crippen LogP contribution in [0.15, 0.2) is 18.2 Å². The summed E-state index contributed by atoms with van der Waals surface area (Å²) in [7, 11) is 0. The third kappa shape index (κ3) is 4.15. The van der Waals surface area contributed by atoms with Crippen LogP contribution in [0.4, 0.5) is 18.9 Å². The number of nitro groups is 1. The molecule has 1 amide bonds. The van der Waals surface area contributed by atoms with Gasteiger partial charge in [0.25, 0.3) is 5.91 Å². The van der Waals surface area contributed by atoms with Gasteiger partial charge in [0.2, 0.25) is 0 Å². The maximum absolute atomic E-state index is 12.8. The smallest absolute Gasteiger partial charge is 0.393 e. The molecule has 0 spiro atoms. The second kappa shape index (κ2) is 7.06. The predicted molar refractivity (Wildman–Crippen MR) is 78.7 cm³/mol. The second-order valence-electron chi connectivity index (χ2n) is 5.69. The topological polar surface area (TPSA) is 72.7 Å². The van der Waals surface area contributed by atoms with Gasteiger partial charge in [0.05, 0.1) is 10.8 Å². The number of halogens is 3. The van der Waals surface area contributed by atoms with Crippen LogP contribution in [0.25, 0.3) is 0 Å². The maximum atomic E-state index is 12.8. The highest BCUT2D eigenvalue weighted by Crippen LogP contribution is 2.33. The Morgan fingerprint density at radius 1 is 1.46 bits per heavy atom. The highest BCUT2D eigenvalue weighted by atomic mass is 19.4. The van der Waals surface area contributed by atoms with Crippen molar-refractivity contribution in [3.05, 3.63) is 33.9 Å². The summed E-state index contributed by atoms with van der Waals surface area (Å²) >= 11 is 0. The molecule has 9 heteroatoms. The quantitative estimate of drug-likeness (QED) is 0.620. The lowest BCUT2D eigenvalue weighted by atomic mass is 9.97. The average Bonchev–Trinajstić information content (AvgIpc) is 2.51. The largest absolute Gasteiger partial charge is 0.477 e. The van der Waals surface area contributed by atoms with E-state index in [1.807, 2.05) is 0 Å². The minimum Gasteiger partial charge on any atom is -0.477 e. The van der Waals surface area contributed by atoms with Gasteiger partial charge >= 0.3 is 11.9 Å². The number of carbonyl (C=O) groups excluding carboxylic acids is 1. The van der Waals surface area contributed by atoms with Crippen LogP contribution in [-0.2, 0) is 4.79 Å². The van der Waals surface area contributed by atoms with Gasteiger partial charge in [-0.25, -0.2) is 0 Å². The number of alkyl halides is 3. The molecule has 1 saturated heterocycles. The summed E-state index contributed by atoms with van der Waals surface area (Å²) in [6.45, 7) is 0.826. The second-order valence-corrected chi connectivity index (χ2v) is 5.69. The van der Waals surface area contributed by atoms with Gasteiger partial charge in [0.1, 0.15) is 0 Å². The Hall–Kier alpha value is -2.32. The van der Waals surface area contributed by atoms with Crippen molar-refractivity contribution in [2.24, 2.45) is 5.92 Å². The van der Waals surface area contributed by atoms with Gasteiger partial charge in [-0.15, -0.1) is 0 Å². The summed E-state index contributed by atoms with van der Waals surface area (Å²) in [5.41, 5.74) is 0.122. The summed E-state index contributed by atoms with van der Waals surface area (Å²) in [6.07, 6.45) is -4.08. The van der Waals surface area contributed by atoms with Crippen LogP contribution in [0.5, 0.6) is 5.75 Å². The lowest BCUT2D eigenvalue weighted by molar-refractivity contribution is -0.386. The number of carbonyl (C=O) groups is 1. The molecule has 1 aromatic carbocycles. The number of likely N-dealkylation sites (tertiary alicyclic amines) is 1. The van der Waals surface area contributed by atoms with Gasteiger partial charge in [-0.2, -0.15) is 13.2 Å². The van der Waals surface area contributed by atoms with Gasteiger partial charge in [-0.1, -0.05) is 12.1 Å². The monoisotopic (exact) mass is 346 g/mol. The highest BCUT2D eigenvalue weighted by molar-refractivity contribution is 5.78. The molecule has 1 unspecified atom stereocenters. The van der Waals surface area contributed by atoms with Crippen molar-refractivity contribution in [1.29, 1.82) is 0 Å². The molecule has 132 valence electrons. The molecule has 0 saturated carbocycles. The number of para-hydroxylation sites is 1. The van der Waals surface area contributed by atoms with Gasteiger partial charge in [0, 0.05) is 18.7 Å². The number of nitrogens with zero attached hydrogens (tertiary/aromatic N) is 2. The van der Waals surface area contributed by atoms with Crippen LogP contribution in [0.3, 0.4) is 0 Å². The fraction of sp³-hybridized carbons (Fsp3) is 0.533. The molecule has 24 heavy (non-hydrogen) atoms. The van der Waals surface area contributed by atoms with Crippen molar-refractivity contribution < 1.29 is 27.6 Å². The number of aryl methyl sites for hydroxylation is 1. The van der Waals surface area contributed by atoms with Crippen molar-refractivity contribution in [2.75, 3.05) is 19.7 Å². The number of rotatable bonds is 4. The van der Waals surface area contributed by atoms with E-state index in [1.165, 1.54) is 19.1 Å². The predicted octanol–water partition coefficient (Wildman–Crippen LogP) is 3.08. The standard InChI is InChI=1S/C15H17F3N2O4/c1-10-4-2-6-12(14(10)20(22)23)24-9-13(21)19-7-3-5-11(8-19)15(16,17)18/h2,4,6,11H,3,5,7-9H2,1H3. The molecule has 1 fully saturated rings. The molecule has 1 atom stereocenters. The van der Waals surface area contributed by atoms with E-state index in [2.05, 4.69) is 0 Å². The number of piperidine rings is 1. The lowest BCUT2D eigenvalue weighted by Gasteiger charge is -2.33. The van der Waals surface area contributed by atoms with E-state index >= 15 is 0 Å². The van der Waals surface area contributed by atoms with Gasteiger partial charge in [-0.3, -0.25) is 14.9 Å². The number of ether oxygens (including phenoxy) is 1. The zero-order valence-electron chi connectivity index (χ0n) is 13.0. The fourth-order valence-electron chi connectivity index (χ4n) is 2.68. The number of benzene rings is 1. The molecule has 0 N–H and O–H groups in total. The van der Waals surface area contributed by atoms with E-state index in [-0.39, 0.29) is 30.8 Å². The maximum Gasteiger partial charge on any atom is 0.393 e. The average molecular weight is 346 g/mol. The van der Waals surface area contributed by atoms with Gasteiger partial charge in [0.15, 0.2) is 12.4 Å². The Bertz CT molecular complexity index is 634. The molecule has 1 aliphatic heterocycles. The number of hydrogen-bond acceptors (Lipinski definition) is 4. The molecule has 0 aromatic heterocycles. The molecule has 2 rings (SSSR count). The molecule has 0 bridgehead atoms. The Morgan fingerprint density at radius 2 is 2.17 bits per heavy atom. The Balaban J connectivity index is 2.01. The molecule has 1 heterocycles. The van der Waals surface area contributed by atoms with Crippen molar-refractivity contribution in [3.63, 3.8) is 0 Å². The summed E-state index contributed by atoms with van der Waals surface area (Å²) in [6, 6.07) is 4.43. The zero-order valence-corrected chi connectivity index (χ0v) is 13.0. The summed E-state index contributed by atoms with van der Waals surface area (Å²) in [5.74, 6) is -2.22. The van der Waals surface area contributed by atoms with Crippen LogP contribution in [-0.4, -0.2) is 41.6 Å². The first-order valence-electron chi connectivity index (χ1n) is 7.41. The van der Waals surface area contributed by atoms with Crippen molar-refractivity contribution >= 4 is 11.6 Å². The van der Waals surface area contributed by atoms with E-state index in [1.54, 1.807) is 6.07 Å². The molecular weight excluding hydrogens is 329 g/mol. The van der Waals surface area contributed by atoms with Gasteiger partial charge < -0.3 is 9.64 Å². The molecule has 6 nitrogen and oxygen atoms in total. The SMILES string of the molecule is Cc1cccc(OCC(=O)N2CCCC(C(F)(F)F)C2)c1[N+](=O)[O-]. The molecule has 0 aliphatic carbocycles. The summed E-state index contributed by atoms with van der Waals surface area (Å²) in [5, 5.41) is 11.0. The summed E-state index contributed by atoms with van der Waals surface area (Å²) < 4.78 is 43.5. The third-order valence-corrected chi connectivity index (χ3v) is 3.97. The van der Waals surface area contributed by atoms with E-state index in [0.717, 1.165) is 4.90 Å². The zero-order chi connectivity index (χ0) is 17.9. The highest BCUT2D eigenvalue weighted by Gasteiger charge is 2.42. The van der Waals surface area contributed by atoms with Gasteiger partial charge in [-0.05, 0) is 25.8 Å². The molecular formula is C15H17F3N2O4. The van der Waals surface area contributed by atoms with Crippen LogP contribution < -0.4 is 4.74 Å². The normalized spacial score (nSPS) is 18.3. The van der Waals surface area contributed by atoms with E-state index in [9.17, 15) is 28.1 Å². The first-order chi connectivity index (χ1) is 11.2. The van der Waals surface area contributed by atoms with Crippen molar-refractivity contribution in [3.8, 4) is 5.75 Å². The van der Waals surface area contributed by atoms with Crippen LogP contribution >= 0.6 is 0 Å². The number of hydrogen-bond donors (Lipinski definition) is 0. The van der Waals surface area contributed by atoms with E-state index in [4.69, 9.17) is 4.74 Å². The minimum atomic E-state index is -4.34. The molecule has 1 aliphatic rings. The van der Waals surface area contributed by atoms with Crippen molar-refractivity contribution in [1.82, 2.24) is 4.90 Å². The Kier molecular flexibility index (Phi) is 5.30. The first-order valence-corrected chi connectivity index (χ1v) is 7.41. The molecule has 1 aromatic rings. The first kappa shape index (κ1) is 18.0. The molecule has 0 radical (unpaired) electrons. The Morgan fingerprint density at radius 3 is 2.79 bits per heavy atom. The fourth-order valence-corrected chi connectivity index (χ4v) is 2.68. The van der Waals surface area contributed by atoms with Crippen LogP contribution in [0, 0.1) is 23.0 Å². The third-order valence-electron chi connectivity index (χ3n) is 3.97. The Labute approximate surface area is 136 Å².